The molecule has 3 rings (SSSR count). The van der Waals surface area contributed by atoms with Crippen molar-refractivity contribution in [2.24, 2.45) is 5.73 Å². The maximum Gasteiger partial charge on any atom is 0.175 e. The van der Waals surface area contributed by atoms with Crippen LogP contribution in [0.1, 0.15) is 5.56 Å². The maximum atomic E-state index is 10.1. The zero-order valence-electron chi connectivity index (χ0n) is 9.94. The number of rotatable bonds is 3. The van der Waals surface area contributed by atoms with E-state index in [1.165, 1.54) is 0 Å². The minimum absolute atomic E-state index is 0.228. The first kappa shape index (κ1) is 12.1. The molecule has 1 aromatic carbocycles. The number of aliphatic hydroxyl groups excluding tert-OH is 1. The summed E-state index contributed by atoms with van der Waals surface area (Å²) in [4.78, 5) is 0. The summed E-state index contributed by atoms with van der Waals surface area (Å²) in [7, 11) is 0. The van der Waals surface area contributed by atoms with E-state index in [1.54, 1.807) is 0 Å². The molecule has 0 saturated carbocycles. The number of hydrogen-bond donors (Lipinski definition) is 2. The average molecular weight is 251 g/mol. The Morgan fingerprint density at radius 1 is 1.33 bits per heavy atom. The van der Waals surface area contributed by atoms with Crippen LogP contribution in [0.4, 0.5) is 0 Å². The van der Waals surface area contributed by atoms with Gasteiger partial charge in [0.05, 0.1) is 19.3 Å². The topological polar surface area (TPSA) is 73.9 Å². The summed E-state index contributed by atoms with van der Waals surface area (Å²) >= 11 is 0. The minimum Gasteiger partial charge on any atom is -0.388 e. The lowest BCUT2D eigenvalue weighted by Crippen LogP contribution is -2.58. The van der Waals surface area contributed by atoms with Gasteiger partial charge in [-0.15, -0.1) is 0 Å². The van der Waals surface area contributed by atoms with Gasteiger partial charge in [0, 0.05) is 0 Å². The summed E-state index contributed by atoms with van der Waals surface area (Å²) < 4.78 is 16.7. The maximum absolute atomic E-state index is 10.1. The first-order valence-electron chi connectivity index (χ1n) is 6.12. The van der Waals surface area contributed by atoms with Crippen LogP contribution in [0, 0.1) is 0 Å². The van der Waals surface area contributed by atoms with Crippen molar-refractivity contribution >= 4 is 0 Å². The quantitative estimate of drug-likeness (QED) is 0.792. The third-order valence-electron chi connectivity index (χ3n) is 3.43. The number of aliphatic hydroxyl groups is 1. The highest BCUT2D eigenvalue weighted by molar-refractivity contribution is 5.13. The molecular weight excluding hydrogens is 234 g/mol. The average Bonchev–Trinajstić information content (AvgIpc) is 2.84. The van der Waals surface area contributed by atoms with Crippen LogP contribution in [-0.4, -0.2) is 42.4 Å². The predicted molar refractivity (Wildman–Crippen MR) is 63.6 cm³/mol. The SMILES string of the molecule is N[C@H]1[C@@H]2OC[C@@H](O2)[C@@H](OCc2ccccc2)[C@@H]1O. The lowest BCUT2D eigenvalue weighted by molar-refractivity contribution is -0.195. The molecule has 3 N–H and O–H groups in total. The third-order valence-corrected chi connectivity index (χ3v) is 3.43. The molecule has 5 nitrogen and oxygen atoms in total. The normalized spacial score (nSPS) is 38.9. The van der Waals surface area contributed by atoms with E-state index in [4.69, 9.17) is 19.9 Å². The van der Waals surface area contributed by atoms with Gasteiger partial charge in [-0.2, -0.15) is 0 Å². The van der Waals surface area contributed by atoms with E-state index in [2.05, 4.69) is 0 Å². The molecule has 1 aromatic rings. The van der Waals surface area contributed by atoms with E-state index >= 15 is 0 Å². The Bertz CT molecular complexity index is 399. The zero-order chi connectivity index (χ0) is 12.5. The highest BCUT2D eigenvalue weighted by Crippen LogP contribution is 2.29. The Morgan fingerprint density at radius 2 is 2.11 bits per heavy atom. The molecule has 5 heteroatoms. The molecule has 0 unspecified atom stereocenters. The van der Waals surface area contributed by atoms with Crippen LogP contribution in [0.2, 0.25) is 0 Å². The van der Waals surface area contributed by atoms with E-state index in [9.17, 15) is 5.11 Å². The first-order chi connectivity index (χ1) is 8.75. The molecule has 0 aliphatic carbocycles. The largest absolute Gasteiger partial charge is 0.388 e. The van der Waals surface area contributed by atoms with Crippen molar-refractivity contribution in [3.8, 4) is 0 Å². The smallest absolute Gasteiger partial charge is 0.175 e. The van der Waals surface area contributed by atoms with Crippen molar-refractivity contribution in [2.75, 3.05) is 6.61 Å². The highest BCUT2D eigenvalue weighted by Gasteiger charge is 2.49. The summed E-state index contributed by atoms with van der Waals surface area (Å²) in [6.07, 6.45) is -1.91. The Hall–Kier alpha value is -0.980. The van der Waals surface area contributed by atoms with E-state index < -0.39 is 24.5 Å². The summed E-state index contributed by atoms with van der Waals surface area (Å²) in [6.45, 7) is 0.856. The van der Waals surface area contributed by atoms with E-state index in [0.717, 1.165) is 5.56 Å². The second-order valence-electron chi connectivity index (χ2n) is 4.71. The van der Waals surface area contributed by atoms with Crippen molar-refractivity contribution in [2.45, 2.75) is 37.3 Å². The molecule has 2 saturated heterocycles. The molecule has 0 aromatic heterocycles. The van der Waals surface area contributed by atoms with Crippen molar-refractivity contribution in [1.29, 1.82) is 0 Å². The third kappa shape index (κ3) is 2.15. The van der Waals surface area contributed by atoms with E-state index in [-0.39, 0.29) is 6.10 Å². The Morgan fingerprint density at radius 3 is 2.89 bits per heavy atom. The fourth-order valence-corrected chi connectivity index (χ4v) is 2.39. The first-order valence-corrected chi connectivity index (χ1v) is 6.12. The molecule has 0 radical (unpaired) electrons. The van der Waals surface area contributed by atoms with Gasteiger partial charge in [-0.3, -0.25) is 0 Å². The monoisotopic (exact) mass is 251 g/mol. The summed E-state index contributed by atoms with van der Waals surface area (Å²) in [6, 6.07) is 9.26. The molecule has 2 fully saturated rings. The van der Waals surface area contributed by atoms with E-state index in [0.29, 0.717) is 13.2 Å². The lowest BCUT2D eigenvalue weighted by atomic mass is 9.99. The standard InChI is InChI=1S/C13H17NO4/c14-10-11(15)12(9-7-17-13(10)18-9)16-6-8-4-2-1-3-5-8/h1-5,9-13,15H,6-7,14H2/t9-,10-,11-,12-,13-/m1/s1. The summed E-state index contributed by atoms with van der Waals surface area (Å²) in [5, 5.41) is 10.1. The van der Waals surface area contributed by atoms with Gasteiger partial charge in [-0.25, -0.2) is 0 Å². The number of nitrogens with two attached hydrogens (primary N) is 1. The van der Waals surface area contributed by atoms with Crippen molar-refractivity contribution in [3.05, 3.63) is 35.9 Å². The Balaban J connectivity index is 1.65. The van der Waals surface area contributed by atoms with Crippen LogP contribution in [0.25, 0.3) is 0 Å². The lowest BCUT2D eigenvalue weighted by Gasteiger charge is -2.36. The van der Waals surface area contributed by atoms with Crippen molar-refractivity contribution in [1.82, 2.24) is 0 Å². The number of fused-ring (bicyclic) bond motifs is 2. The second-order valence-corrected chi connectivity index (χ2v) is 4.71. The van der Waals surface area contributed by atoms with Crippen molar-refractivity contribution in [3.63, 3.8) is 0 Å². The Kier molecular flexibility index (Phi) is 3.32. The van der Waals surface area contributed by atoms with Crippen molar-refractivity contribution < 1.29 is 19.3 Å². The predicted octanol–water partition coefficient (Wildman–Crippen LogP) is 0.0151. The number of ether oxygens (including phenoxy) is 3. The Labute approximate surface area is 105 Å². The van der Waals surface area contributed by atoms with Gasteiger partial charge in [0.2, 0.25) is 0 Å². The van der Waals surface area contributed by atoms with Gasteiger partial charge in [0.1, 0.15) is 18.3 Å². The number of benzene rings is 1. The van der Waals surface area contributed by atoms with Gasteiger partial charge in [-0.05, 0) is 5.56 Å². The van der Waals surface area contributed by atoms with Gasteiger partial charge < -0.3 is 25.1 Å². The molecular formula is C13H17NO4. The summed E-state index contributed by atoms with van der Waals surface area (Å²) in [5.41, 5.74) is 6.89. The molecule has 2 bridgehead atoms. The van der Waals surface area contributed by atoms with Gasteiger partial charge in [-0.1, -0.05) is 30.3 Å². The molecule has 98 valence electrons. The van der Waals surface area contributed by atoms with Crippen LogP contribution in [-0.2, 0) is 20.8 Å². The fourth-order valence-electron chi connectivity index (χ4n) is 2.39. The van der Waals surface area contributed by atoms with Gasteiger partial charge in [0.15, 0.2) is 6.29 Å². The molecule has 18 heavy (non-hydrogen) atoms. The van der Waals surface area contributed by atoms with Crippen LogP contribution >= 0.6 is 0 Å². The highest BCUT2D eigenvalue weighted by atomic mass is 16.7. The molecule has 5 atom stereocenters. The molecule has 0 amide bonds. The van der Waals surface area contributed by atoms with Gasteiger partial charge >= 0.3 is 0 Å². The molecule has 0 spiro atoms. The fraction of sp³-hybridized carbons (Fsp3) is 0.538. The minimum atomic E-state index is -0.750. The molecule has 2 aliphatic rings. The summed E-state index contributed by atoms with van der Waals surface area (Å²) in [5.74, 6) is 0. The number of hydrogen-bond acceptors (Lipinski definition) is 5. The molecule has 2 aliphatic heterocycles. The molecule has 2 heterocycles. The second kappa shape index (κ2) is 4.95. The van der Waals surface area contributed by atoms with Crippen LogP contribution in [0.5, 0.6) is 0 Å². The van der Waals surface area contributed by atoms with Crippen LogP contribution in [0.15, 0.2) is 30.3 Å². The van der Waals surface area contributed by atoms with Gasteiger partial charge in [0.25, 0.3) is 0 Å². The zero-order valence-corrected chi connectivity index (χ0v) is 9.94. The van der Waals surface area contributed by atoms with Crippen LogP contribution in [0.3, 0.4) is 0 Å². The van der Waals surface area contributed by atoms with Crippen LogP contribution < -0.4 is 5.73 Å². The van der Waals surface area contributed by atoms with E-state index in [1.807, 2.05) is 30.3 Å².